The van der Waals surface area contributed by atoms with Crippen molar-refractivity contribution in [3.8, 4) is 11.5 Å². The fourth-order valence-electron chi connectivity index (χ4n) is 3.57. The average molecular weight is 341 g/mol. The Kier molecular flexibility index (Phi) is 4.46. The first-order valence-electron chi connectivity index (χ1n) is 8.63. The normalized spacial score (nSPS) is 18.2. The summed E-state index contributed by atoms with van der Waals surface area (Å²) in [5.74, 6) is 1.67. The molecule has 0 spiro atoms. The lowest BCUT2D eigenvalue weighted by molar-refractivity contribution is 0.0497. The number of ether oxygens (including phenoxy) is 3. The predicted molar refractivity (Wildman–Crippen MR) is 94.6 cm³/mol. The quantitative estimate of drug-likeness (QED) is 0.875. The summed E-state index contributed by atoms with van der Waals surface area (Å²) in [6.45, 7) is 7.25. The molecule has 1 saturated heterocycles. The molecule has 0 amide bonds. The summed E-state index contributed by atoms with van der Waals surface area (Å²) in [5, 5.41) is 7.82. The van der Waals surface area contributed by atoms with Crippen molar-refractivity contribution in [1.82, 2.24) is 15.1 Å². The molecule has 2 aliphatic rings. The van der Waals surface area contributed by atoms with E-state index in [9.17, 15) is 0 Å². The zero-order valence-corrected chi connectivity index (χ0v) is 14.2. The molecule has 0 aliphatic carbocycles. The van der Waals surface area contributed by atoms with E-state index in [1.54, 1.807) is 10.9 Å². The van der Waals surface area contributed by atoms with E-state index in [0.29, 0.717) is 6.79 Å². The third-order valence-electron chi connectivity index (χ3n) is 5.07. The van der Waals surface area contributed by atoms with Crippen LogP contribution in [0, 0.1) is 0 Å². The number of rotatable bonds is 6. The second-order valence-corrected chi connectivity index (χ2v) is 6.58. The molecule has 6 nitrogen and oxygen atoms in total. The minimum atomic E-state index is 0.0493. The summed E-state index contributed by atoms with van der Waals surface area (Å²) in [6.07, 6.45) is 7.52. The number of fused-ring (bicyclic) bond motifs is 1. The lowest BCUT2D eigenvalue weighted by Crippen LogP contribution is -2.42. The van der Waals surface area contributed by atoms with Crippen molar-refractivity contribution in [2.45, 2.75) is 24.8 Å². The summed E-state index contributed by atoms with van der Waals surface area (Å²) in [4.78, 5) is 0. The van der Waals surface area contributed by atoms with Gasteiger partial charge in [0, 0.05) is 49.7 Å². The van der Waals surface area contributed by atoms with E-state index in [-0.39, 0.29) is 5.41 Å². The standard InChI is InChI=1S/C19H23N3O3/c1-2-22-12-15(11-21-22)10-20-13-19(5-7-23-8-6-19)16-3-4-17-18(9-16)25-14-24-17/h2-4,9,11-12,20H,1,5-8,10,13-14H2. The monoisotopic (exact) mass is 341 g/mol. The highest BCUT2D eigenvalue weighted by Crippen LogP contribution is 2.40. The van der Waals surface area contributed by atoms with Crippen molar-refractivity contribution in [3.63, 3.8) is 0 Å². The number of nitrogens with one attached hydrogen (secondary N) is 1. The fourth-order valence-corrected chi connectivity index (χ4v) is 3.57. The fraction of sp³-hybridized carbons (Fsp3) is 0.421. The zero-order chi connectivity index (χ0) is 17.1. The first-order valence-corrected chi connectivity index (χ1v) is 8.63. The van der Waals surface area contributed by atoms with Crippen LogP contribution in [0.2, 0.25) is 0 Å². The Balaban J connectivity index is 1.49. The van der Waals surface area contributed by atoms with Crippen LogP contribution in [0.4, 0.5) is 0 Å². The van der Waals surface area contributed by atoms with Crippen LogP contribution in [-0.4, -0.2) is 36.3 Å². The summed E-state index contributed by atoms with van der Waals surface area (Å²) in [5.41, 5.74) is 2.48. The molecule has 0 radical (unpaired) electrons. The lowest BCUT2D eigenvalue weighted by atomic mass is 9.74. The van der Waals surface area contributed by atoms with E-state index in [4.69, 9.17) is 14.2 Å². The Morgan fingerprint density at radius 1 is 1.24 bits per heavy atom. The van der Waals surface area contributed by atoms with Crippen LogP contribution in [0.15, 0.2) is 37.2 Å². The molecule has 1 N–H and O–H groups in total. The number of nitrogens with zero attached hydrogens (tertiary/aromatic N) is 2. The van der Waals surface area contributed by atoms with Crippen LogP contribution in [0.5, 0.6) is 11.5 Å². The minimum Gasteiger partial charge on any atom is -0.454 e. The number of benzene rings is 1. The smallest absolute Gasteiger partial charge is 0.231 e. The summed E-state index contributed by atoms with van der Waals surface area (Å²) >= 11 is 0. The van der Waals surface area contributed by atoms with E-state index >= 15 is 0 Å². The molecule has 6 heteroatoms. The minimum absolute atomic E-state index is 0.0493. The van der Waals surface area contributed by atoms with Crippen LogP contribution in [0.1, 0.15) is 24.0 Å². The number of hydrogen-bond acceptors (Lipinski definition) is 5. The molecule has 3 heterocycles. The van der Waals surface area contributed by atoms with Gasteiger partial charge in [-0.05, 0) is 30.5 Å². The van der Waals surface area contributed by atoms with Gasteiger partial charge in [0.25, 0.3) is 0 Å². The molecule has 25 heavy (non-hydrogen) atoms. The van der Waals surface area contributed by atoms with Gasteiger partial charge in [0.05, 0.1) is 6.20 Å². The molecule has 0 bridgehead atoms. The highest BCUT2D eigenvalue weighted by Gasteiger charge is 2.35. The molecule has 2 aliphatic heterocycles. The van der Waals surface area contributed by atoms with Crippen molar-refractivity contribution < 1.29 is 14.2 Å². The number of aromatic nitrogens is 2. The van der Waals surface area contributed by atoms with Gasteiger partial charge in [0.15, 0.2) is 11.5 Å². The SMILES string of the molecule is C=Cn1cc(CNCC2(c3ccc4c(c3)OCO4)CCOCC2)cn1. The highest BCUT2D eigenvalue weighted by molar-refractivity contribution is 5.47. The van der Waals surface area contributed by atoms with Gasteiger partial charge >= 0.3 is 0 Å². The lowest BCUT2D eigenvalue weighted by Gasteiger charge is -2.38. The molecule has 132 valence electrons. The topological polar surface area (TPSA) is 57.5 Å². The van der Waals surface area contributed by atoms with Crippen LogP contribution >= 0.6 is 0 Å². The van der Waals surface area contributed by atoms with Crippen LogP contribution in [-0.2, 0) is 16.7 Å². The van der Waals surface area contributed by atoms with Gasteiger partial charge in [-0.3, -0.25) is 0 Å². The summed E-state index contributed by atoms with van der Waals surface area (Å²) in [7, 11) is 0. The second-order valence-electron chi connectivity index (χ2n) is 6.58. The second kappa shape index (κ2) is 6.90. The third-order valence-corrected chi connectivity index (χ3v) is 5.07. The number of hydrogen-bond donors (Lipinski definition) is 1. The van der Waals surface area contributed by atoms with E-state index in [1.165, 1.54) is 5.56 Å². The molecule has 0 saturated carbocycles. The van der Waals surface area contributed by atoms with Crippen molar-refractivity contribution >= 4 is 6.20 Å². The molecule has 1 aromatic carbocycles. The van der Waals surface area contributed by atoms with Gasteiger partial charge in [-0.15, -0.1) is 0 Å². The first kappa shape index (κ1) is 16.2. The first-order chi connectivity index (χ1) is 12.3. The molecular formula is C19H23N3O3. The molecule has 2 aromatic rings. The summed E-state index contributed by atoms with van der Waals surface area (Å²) in [6, 6.07) is 6.31. The van der Waals surface area contributed by atoms with E-state index < -0.39 is 0 Å². The van der Waals surface area contributed by atoms with Gasteiger partial charge in [-0.25, -0.2) is 4.68 Å². The van der Waals surface area contributed by atoms with Crippen molar-refractivity contribution in [2.75, 3.05) is 26.6 Å². The van der Waals surface area contributed by atoms with E-state index in [2.05, 4.69) is 29.1 Å². The van der Waals surface area contributed by atoms with Gasteiger partial charge in [-0.2, -0.15) is 5.10 Å². The Bertz CT molecular complexity index is 750. The molecule has 4 rings (SSSR count). The van der Waals surface area contributed by atoms with Gasteiger partial charge in [0.2, 0.25) is 6.79 Å². The van der Waals surface area contributed by atoms with Crippen LogP contribution < -0.4 is 14.8 Å². The van der Waals surface area contributed by atoms with Crippen molar-refractivity contribution in [2.24, 2.45) is 0 Å². The van der Waals surface area contributed by atoms with Crippen LogP contribution in [0.25, 0.3) is 6.20 Å². The van der Waals surface area contributed by atoms with E-state index in [1.807, 2.05) is 18.5 Å². The zero-order valence-electron chi connectivity index (χ0n) is 14.2. The van der Waals surface area contributed by atoms with Crippen LogP contribution in [0.3, 0.4) is 0 Å². The van der Waals surface area contributed by atoms with Gasteiger partial charge in [-0.1, -0.05) is 12.6 Å². The highest BCUT2D eigenvalue weighted by atomic mass is 16.7. The Hall–Kier alpha value is -2.31. The van der Waals surface area contributed by atoms with Gasteiger partial charge in [0.1, 0.15) is 0 Å². The summed E-state index contributed by atoms with van der Waals surface area (Å²) < 4.78 is 18.3. The molecule has 0 unspecified atom stereocenters. The maximum Gasteiger partial charge on any atom is 0.231 e. The Morgan fingerprint density at radius 3 is 2.88 bits per heavy atom. The predicted octanol–water partition coefficient (Wildman–Crippen LogP) is 2.55. The van der Waals surface area contributed by atoms with Crippen molar-refractivity contribution in [3.05, 3.63) is 48.3 Å². The maximum atomic E-state index is 5.61. The molecule has 1 fully saturated rings. The third kappa shape index (κ3) is 3.27. The Labute approximate surface area is 147 Å². The maximum absolute atomic E-state index is 5.61. The molecular weight excluding hydrogens is 318 g/mol. The molecule has 1 aromatic heterocycles. The van der Waals surface area contributed by atoms with E-state index in [0.717, 1.165) is 56.2 Å². The largest absolute Gasteiger partial charge is 0.454 e. The average Bonchev–Trinajstić information content (AvgIpc) is 3.31. The van der Waals surface area contributed by atoms with Gasteiger partial charge < -0.3 is 19.5 Å². The molecule has 0 atom stereocenters. The van der Waals surface area contributed by atoms with Crippen molar-refractivity contribution in [1.29, 1.82) is 0 Å². The Morgan fingerprint density at radius 2 is 2.08 bits per heavy atom.